The van der Waals surface area contributed by atoms with Gasteiger partial charge in [0.2, 0.25) is 0 Å². The monoisotopic (exact) mass is 228 g/mol. The van der Waals surface area contributed by atoms with Gasteiger partial charge in [-0.25, -0.2) is 4.79 Å². The minimum Gasteiger partial charge on any atom is -0.481 e. The predicted molar refractivity (Wildman–Crippen MR) is 51.6 cm³/mol. The first-order valence-corrected chi connectivity index (χ1v) is 4.70. The van der Waals surface area contributed by atoms with E-state index in [0.717, 1.165) is 0 Å². The van der Waals surface area contributed by atoms with Gasteiger partial charge in [-0.05, 0) is 12.3 Å². The summed E-state index contributed by atoms with van der Waals surface area (Å²) >= 11 is 0. The Morgan fingerprint density at radius 2 is 2.06 bits per heavy atom. The van der Waals surface area contributed by atoms with E-state index in [-0.39, 0.29) is 18.4 Å². The fourth-order valence-electron chi connectivity index (χ4n) is 1.85. The number of carbonyl (C=O) groups excluding carboxylic acids is 1. The third-order valence-corrected chi connectivity index (χ3v) is 2.62. The molecular weight excluding hydrogens is 216 g/mol. The van der Waals surface area contributed by atoms with Crippen LogP contribution in [0.15, 0.2) is 11.6 Å². The maximum atomic E-state index is 11.0. The van der Waals surface area contributed by atoms with E-state index in [0.29, 0.717) is 0 Å². The van der Waals surface area contributed by atoms with Crippen molar-refractivity contribution < 1.29 is 29.3 Å². The lowest BCUT2D eigenvalue weighted by Crippen LogP contribution is -2.26. The van der Waals surface area contributed by atoms with Gasteiger partial charge in [-0.3, -0.25) is 9.59 Å². The van der Waals surface area contributed by atoms with Crippen LogP contribution in [0.2, 0.25) is 0 Å². The Labute approximate surface area is 91.5 Å². The van der Waals surface area contributed by atoms with Crippen molar-refractivity contribution in [1.29, 1.82) is 0 Å². The van der Waals surface area contributed by atoms with Crippen LogP contribution in [-0.2, 0) is 19.1 Å². The number of aliphatic carboxylic acids is 2. The van der Waals surface area contributed by atoms with E-state index in [4.69, 9.17) is 10.2 Å². The normalized spacial score (nSPS) is 23.7. The molecule has 1 aliphatic rings. The van der Waals surface area contributed by atoms with Gasteiger partial charge in [-0.2, -0.15) is 0 Å². The smallest absolute Gasteiger partial charge is 0.332 e. The molecule has 0 saturated carbocycles. The summed E-state index contributed by atoms with van der Waals surface area (Å²) in [5.41, 5.74) is -0.151. The van der Waals surface area contributed by atoms with Gasteiger partial charge >= 0.3 is 17.9 Å². The number of hydrogen-bond acceptors (Lipinski definition) is 4. The molecule has 2 atom stereocenters. The standard InChI is InChI=1S/C10H12O6/c1-16-7(11)4-5-2-3-6(9(12)13)8(5)10(14)15/h3,5,8H,2,4H2,1H3,(H,12,13)(H,14,15)/t5-,8-/m1/s1. The highest BCUT2D eigenvalue weighted by Gasteiger charge is 2.39. The van der Waals surface area contributed by atoms with E-state index < -0.39 is 29.7 Å². The van der Waals surface area contributed by atoms with Crippen molar-refractivity contribution >= 4 is 17.9 Å². The molecule has 0 aromatic carbocycles. The highest BCUT2D eigenvalue weighted by Crippen LogP contribution is 2.34. The van der Waals surface area contributed by atoms with Crippen molar-refractivity contribution in [2.45, 2.75) is 12.8 Å². The lowest BCUT2D eigenvalue weighted by molar-refractivity contribution is -0.147. The van der Waals surface area contributed by atoms with Crippen LogP contribution >= 0.6 is 0 Å². The first kappa shape index (κ1) is 12.2. The van der Waals surface area contributed by atoms with Crippen LogP contribution in [0.4, 0.5) is 0 Å². The Morgan fingerprint density at radius 3 is 2.50 bits per heavy atom. The number of esters is 1. The van der Waals surface area contributed by atoms with Crippen LogP contribution in [0.1, 0.15) is 12.8 Å². The van der Waals surface area contributed by atoms with Crippen LogP contribution in [0.5, 0.6) is 0 Å². The Kier molecular flexibility index (Phi) is 3.65. The second-order valence-electron chi connectivity index (χ2n) is 3.56. The number of carboxylic acids is 2. The molecule has 0 spiro atoms. The van der Waals surface area contributed by atoms with Gasteiger partial charge in [0.05, 0.1) is 13.0 Å². The topological polar surface area (TPSA) is 101 Å². The maximum Gasteiger partial charge on any atom is 0.332 e. The molecule has 0 aliphatic heterocycles. The third-order valence-electron chi connectivity index (χ3n) is 2.62. The molecule has 0 fully saturated rings. The van der Waals surface area contributed by atoms with Crippen molar-refractivity contribution in [3.8, 4) is 0 Å². The van der Waals surface area contributed by atoms with Crippen molar-refractivity contribution in [1.82, 2.24) is 0 Å². The first-order chi connectivity index (χ1) is 7.47. The molecule has 0 bridgehead atoms. The zero-order valence-corrected chi connectivity index (χ0v) is 8.67. The third kappa shape index (κ3) is 2.39. The summed E-state index contributed by atoms with van der Waals surface area (Å²) in [4.78, 5) is 32.7. The summed E-state index contributed by atoms with van der Waals surface area (Å²) in [5.74, 6) is -4.66. The van der Waals surface area contributed by atoms with Gasteiger partial charge in [0.1, 0.15) is 0 Å². The van der Waals surface area contributed by atoms with E-state index in [1.54, 1.807) is 0 Å². The van der Waals surface area contributed by atoms with Crippen LogP contribution in [0, 0.1) is 11.8 Å². The Balaban J connectivity index is 2.81. The maximum absolute atomic E-state index is 11.0. The molecule has 0 aromatic rings. The number of rotatable bonds is 4. The van der Waals surface area contributed by atoms with Crippen molar-refractivity contribution in [3.05, 3.63) is 11.6 Å². The number of carboxylic acid groups (broad SMARTS) is 2. The summed E-state index contributed by atoms with van der Waals surface area (Å²) in [6, 6.07) is 0. The van der Waals surface area contributed by atoms with Crippen molar-refractivity contribution in [2.24, 2.45) is 11.8 Å². The molecule has 6 heteroatoms. The number of ether oxygens (including phenoxy) is 1. The minimum absolute atomic E-state index is 0.0826. The fraction of sp³-hybridized carbons (Fsp3) is 0.500. The molecule has 16 heavy (non-hydrogen) atoms. The molecule has 0 saturated heterocycles. The molecule has 1 aliphatic carbocycles. The van der Waals surface area contributed by atoms with Crippen molar-refractivity contribution in [2.75, 3.05) is 7.11 Å². The zero-order chi connectivity index (χ0) is 12.3. The molecule has 2 N–H and O–H groups in total. The molecule has 0 unspecified atom stereocenters. The first-order valence-electron chi connectivity index (χ1n) is 4.70. The Morgan fingerprint density at radius 1 is 1.44 bits per heavy atom. The Bertz CT molecular complexity index is 356. The second-order valence-corrected chi connectivity index (χ2v) is 3.56. The van der Waals surface area contributed by atoms with Gasteiger partial charge in [-0.1, -0.05) is 6.08 Å². The molecule has 0 radical (unpaired) electrons. The van der Waals surface area contributed by atoms with Crippen LogP contribution in [0.25, 0.3) is 0 Å². The van der Waals surface area contributed by atoms with E-state index in [2.05, 4.69) is 4.74 Å². The van der Waals surface area contributed by atoms with Crippen LogP contribution in [-0.4, -0.2) is 35.2 Å². The molecule has 88 valence electrons. The van der Waals surface area contributed by atoms with Gasteiger partial charge in [0.15, 0.2) is 0 Å². The average Bonchev–Trinajstić information content (AvgIpc) is 2.61. The highest BCUT2D eigenvalue weighted by molar-refractivity contribution is 5.95. The average molecular weight is 228 g/mol. The summed E-state index contributed by atoms with van der Waals surface area (Å²) in [7, 11) is 1.21. The number of carbonyl (C=O) groups is 3. The molecule has 1 rings (SSSR count). The van der Waals surface area contributed by atoms with E-state index in [1.165, 1.54) is 13.2 Å². The van der Waals surface area contributed by atoms with E-state index in [9.17, 15) is 14.4 Å². The summed E-state index contributed by atoms with van der Waals surface area (Å²) in [6.07, 6.45) is 1.54. The van der Waals surface area contributed by atoms with Crippen LogP contribution < -0.4 is 0 Å². The van der Waals surface area contributed by atoms with E-state index in [1.807, 2.05) is 0 Å². The fourth-order valence-corrected chi connectivity index (χ4v) is 1.85. The largest absolute Gasteiger partial charge is 0.481 e. The zero-order valence-electron chi connectivity index (χ0n) is 8.67. The van der Waals surface area contributed by atoms with Gasteiger partial charge in [-0.15, -0.1) is 0 Å². The number of methoxy groups -OCH3 is 1. The Hall–Kier alpha value is -1.85. The summed E-state index contributed by atoms with van der Waals surface area (Å²) in [6.45, 7) is 0. The molecule has 0 heterocycles. The van der Waals surface area contributed by atoms with Crippen molar-refractivity contribution in [3.63, 3.8) is 0 Å². The lowest BCUT2D eigenvalue weighted by Gasteiger charge is -2.15. The number of hydrogen-bond donors (Lipinski definition) is 2. The lowest BCUT2D eigenvalue weighted by atomic mass is 9.88. The predicted octanol–water partition coefficient (Wildman–Crippen LogP) is 0.281. The SMILES string of the molecule is COC(=O)C[C@H]1CC=C(C(=O)O)[C@@H]1C(=O)O. The molecule has 6 nitrogen and oxygen atoms in total. The highest BCUT2D eigenvalue weighted by atomic mass is 16.5. The van der Waals surface area contributed by atoms with Crippen LogP contribution in [0.3, 0.4) is 0 Å². The molecular formula is C10H12O6. The van der Waals surface area contributed by atoms with Gasteiger partial charge < -0.3 is 14.9 Å². The quantitative estimate of drug-likeness (QED) is 0.670. The van der Waals surface area contributed by atoms with Gasteiger partial charge in [0, 0.05) is 12.0 Å². The molecule has 0 aromatic heterocycles. The minimum atomic E-state index is -1.25. The molecule has 0 amide bonds. The summed E-state index contributed by atoms with van der Waals surface area (Å²) < 4.78 is 4.43. The van der Waals surface area contributed by atoms with Gasteiger partial charge in [0.25, 0.3) is 0 Å². The summed E-state index contributed by atoms with van der Waals surface area (Å²) in [5, 5.41) is 17.7. The van der Waals surface area contributed by atoms with E-state index >= 15 is 0 Å². The number of allylic oxidation sites excluding steroid dienone is 1. The second kappa shape index (κ2) is 4.78.